The van der Waals surface area contributed by atoms with Gasteiger partial charge in [-0.15, -0.1) is 11.3 Å². The lowest BCUT2D eigenvalue weighted by Crippen LogP contribution is -2.14. The first-order chi connectivity index (χ1) is 15.3. The fourth-order valence-corrected chi connectivity index (χ4v) is 4.59. The number of benzene rings is 3. The molecule has 1 aromatic heterocycles. The third kappa shape index (κ3) is 4.60. The molecule has 2 amide bonds. The molecule has 0 saturated heterocycles. The van der Waals surface area contributed by atoms with Crippen LogP contribution >= 0.6 is 34.5 Å². The number of hydrogen-bond donors (Lipinski definition) is 3. The third-order valence-corrected chi connectivity index (χ3v) is 6.47. The number of amides is 2. The van der Waals surface area contributed by atoms with Gasteiger partial charge in [-0.2, -0.15) is 0 Å². The van der Waals surface area contributed by atoms with Gasteiger partial charge in [-0.3, -0.25) is 9.59 Å². The standard InChI is InChI=1S/C23H14Cl2N2O4S/c24-14-7-5-12(6-8-14)21(28)26-15-9-13(23(30)31)10-16(11-15)27-22(29)20-19(25)17-3-1-2-4-18(17)32-20/h1-11H,(H,26,28)(H,27,29)(H,30,31). The Labute approximate surface area is 196 Å². The number of thiophene rings is 1. The molecule has 0 aliphatic rings. The van der Waals surface area contributed by atoms with Crippen molar-refractivity contribution in [1.29, 1.82) is 0 Å². The third-order valence-electron chi connectivity index (χ3n) is 4.54. The summed E-state index contributed by atoms with van der Waals surface area (Å²) in [5.41, 5.74) is 0.659. The molecule has 0 aliphatic carbocycles. The Bertz CT molecular complexity index is 1370. The number of carboxylic acid groups (broad SMARTS) is 1. The molecular formula is C23H14Cl2N2O4S. The summed E-state index contributed by atoms with van der Waals surface area (Å²) in [6.07, 6.45) is 0. The van der Waals surface area contributed by atoms with Gasteiger partial charge in [-0.05, 0) is 48.5 Å². The highest BCUT2D eigenvalue weighted by molar-refractivity contribution is 7.21. The van der Waals surface area contributed by atoms with Crippen molar-refractivity contribution in [3.8, 4) is 0 Å². The lowest BCUT2D eigenvalue weighted by molar-refractivity contribution is 0.0696. The second-order valence-corrected chi connectivity index (χ2v) is 8.63. The molecule has 4 rings (SSSR count). The first-order valence-corrected chi connectivity index (χ1v) is 10.8. The van der Waals surface area contributed by atoms with Crippen LogP contribution in [0.2, 0.25) is 10.0 Å². The molecule has 3 aromatic carbocycles. The number of anilines is 2. The summed E-state index contributed by atoms with van der Waals surface area (Å²) in [4.78, 5) is 37.2. The molecule has 0 bridgehead atoms. The molecule has 3 N–H and O–H groups in total. The highest BCUT2D eigenvalue weighted by Gasteiger charge is 2.18. The van der Waals surface area contributed by atoms with Crippen LogP contribution in [0.5, 0.6) is 0 Å². The number of halogens is 2. The van der Waals surface area contributed by atoms with Gasteiger partial charge in [0.1, 0.15) is 4.88 Å². The van der Waals surface area contributed by atoms with Crippen LogP contribution in [0, 0.1) is 0 Å². The van der Waals surface area contributed by atoms with Crippen LogP contribution in [0.15, 0.2) is 66.7 Å². The molecule has 9 heteroatoms. The summed E-state index contributed by atoms with van der Waals surface area (Å²) in [6.45, 7) is 0. The van der Waals surface area contributed by atoms with E-state index in [1.807, 2.05) is 24.3 Å². The first kappa shape index (κ1) is 21.8. The summed E-state index contributed by atoms with van der Waals surface area (Å²) in [5.74, 6) is -2.13. The Morgan fingerprint density at radius 3 is 2.03 bits per heavy atom. The van der Waals surface area contributed by atoms with Gasteiger partial charge >= 0.3 is 5.97 Å². The van der Waals surface area contributed by atoms with E-state index in [0.717, 1.165) is 10.1 Å². The average molecular weight is 485 g/mol. The zero-order valence-corrected chi connectivity index (χ0v) is 18.5. The van der Waals surface area contributed by atoms with Gasteiger partial charge in [0.15, 0.2) is 0 Å². The molecule has 0 unspecified atom stereocenters. The van der Waals surface area contributed by atoms with Gasteiger partial charge in [0.05, 0.1) is 10.6 Å². The number of carbonyl (C=O) groups is 3. The molecule has 6 nitrogen and oxygen atoms in total. The largest absolute Gasteiger partial charge is 0.478 e. The van der Waals surface area contributed by atoms with Crippen molar-refractivity contribution < 1.29 is 19.5 Å². The molecule has 0 radical (unpaired) electrons. The van der Waals surface area contributed by atoms with Crippen molar-refractivity contribution in [2.24, 2.45) is 0 Å². The van der Waals surface area contributed by atoms with Gasteiger partial charge in [-0.25, -0.2) is 4.79 Å². The van der Waals surface area contributed by atoms with Crippen LogP contribution in [-0.2, 0) is 0 Å². The summed E-state index contributed by atoms with van der Waals surface area (Å²) in [6, 6.07) is 17.7. The minimum absolute atomic E-state index is 0.100. The number of nitrogens with one attached hydrogen (secondary N) is 2. The van der Waals surface area contributed by atoms with Crippen molar-refractivity contribution >= 4 is 73.8 Å². The van der Waals surface area contributed by atoms with Gasteiger partial charge in [-0.1, -0.05) is 41.4 Å². The topological polar surface area (TPSA) is 95.5 Å². The minimum Gasteiger partial charge on any atom is -0.478 e. The van der Waals surface area contributed by atoms with E-state index in [4.69, 9.17) is 23.2 Å². The molecule has 0 aliphatic heterocycles. The zero-order valence-electron chi connectivity index (χ0n) is 16.2. The van der Waals surface area contributed by atoms with Crippen LogP contribution < -0.4 is 10.6 Å². The first-order valence-electron chi connectivity index (χ1n) is 9.25. The predicted octanol–water partition coefficient (Wildman–Crippen LogP) is 6.41. The number of hydrogen-bond acceptors (Lipinski definition) is 4. The van der Waals surface area contributed by atoms with Gasteiger partial charge in [0, 0.05) is 32.0 Å². The van der Waals surface area contributed by atoms with Crippen molar-refractivity contribution in [1.82, 2.24) is 0 Å². The van der Waals surface area contributed by atoms with E-state index in [1.165, 1.54) is 29.5 Å². The van der Waals surface area contributed by atoms with E-state index < -0.39 is 17.8 Å². The van der Waals surface area contributed by atoms with E-state index in [-0.39, 0.29) is 16.9 Å². The Balaban J connectivity index is 1.61. The summed E-state index contributed by atoms with van der Waals surface area (Å²) < 4.78 is 0.859. The van der Waals surface area contributed by atoms with Crippen LogP contribution in [0.4, 0.5) is 11.4 Å². The number of rotatable bonds is 5. The van der Waals surface area contributed by atoms with Crippen LogP contribution in [-0.4, -0.2) is 22.9 Å². The SMILES string of the molecule is O=C(O)c1cc(NC(=O)c2ccc(Cl)cc2)cc(NC(=O)c2sc3ccccc3c2Cl)c1. The minimum atomic E-state index is -1.21. The van der Waals surface area contributed by atoms with Crippen LogP contribution in [0.1, 0.15) is 30.4 Å². The van der Waals surface area contributed by atoms with E-state index in [9.17, 15) is 19.5 Å². The highest BCUT2D eigenvalue weighted by Crippen LogP contribution is 2.35. The molecular weight excluding hydrogens is 471 g/mol. The second kappa shape index (κ2) is 9.00. The Kier molecular flexibility index (Phi) is 6.14. The van der Waals surface area contributed by atoms with Gasteiger partial charge in [0.25, 0.3) is 11.8 Å². The number of fused-ring (bicyclic) bond motifs is 1. The molecule has 0 spiro atoms. The van der Waals surface area contributed by atoms with Crippen LogP contribution in [0.25, 0.3) is 10.1 Å². The number of carbonyl (C=O) groups excluding carboxylic acids is 2. The summed E-state index contributed by atoms with van der Waals surface area (Å²) >= 11 is 13.4. The van der Waals surface area contributed by atoms with Crippen molar-refractivity contribution in [2.45, 2.75) is 0 Å². The quantitative estimate of drug-likeness (QED) is 0.304. The van der Waals surface area contributed by atoms with E-state index in [0.29, 0.717) is 20.5 Å². The lowest BCUT2D eigenvalue weighted by atomic mass is 10.1. The highest BCUT2D eigenvalue weighted by atomic mass is 35.5. The van der Waals surface area contributed by atoms with Crippen LogP contribution in [0.3, 0.4) is 0 Å². The predicted molar refractivity (Wildman–Crippen MR) is 128 cm³/mol. The Morgan fingerprint density at radius 2 is 1.41 bits per heavy atom. The molecule has 0 fully saturated rings. The molecule has 32 heavy (non-hydrogen) atoms. The maximum absolute atomic E-state index is 12.8. The molecule has 1 heterocycles. The van der Waals surface area contributed by atoms with Gasteiger partial charge in [0.2, 0.25) is 0 Å². The molecule has 4 aromatic rings. The molecule has 0 atom stereocenters. The maximum atomic E-state index is 12.8. The lowest BCUT2D eigenvalue weighted by Gasteiger charge is -2.11. The van der Waals surface area contributed by atoms with E-state index in [1.54, 1.807) is 24.3 Å². The monoisotopic (exact) mass is 484 g/mol. The molecule has 0 saturated carbocycles. The zero-order chi connectivity index (χ0) is 22.8. The Morgan fingerprint density at radius 1 is 0.781 bits per heavy atom. The van der Waals surface area contributed by atoms with E-state index in [2.05, 4.69) is 10.6 Å². The van der Waals surface area contributed by atoms with E-state index >= 15 is 0 Å². The smallest absolute Gasteiger partial charge is 0.335 e. The summed E-state index contributed by atoms with van der Waals surface area (Å²) in [5, 5.41) is 16.3. The second-order valence-electron chi connectivity index (χ2n) is 6.76. The normalized spacial score (nSPS) is 10.7. The summed E-state index contributed by atoms with van der Waals surface area (Å²) in [7, 11) is 0. The van der Waals surface area contributed by atoms with Gasteiger partial charge < -0.3 is 15.7 Å². The Hall–Kier alpha value is -3.39. The van der Waals surface area contributed by atoms with Crippen molar-refractivity contribution in [3.63, 3.8) is 0 Å². The van der Waals surface area contributed by atoms with Crippen molar-refractivity contribution in [3.05, 3.63) is 92.8 Å². The maximum Gasteiger partial charge on any atom is 0.335 e. The van der Waals surface area contributed by atoms with Crippen molar-refractivity contribution in [2.75, 3.05) is 10.6 Å². The average Bonchev–Trinajstić information content (AvgIpc) is 3.11. The molecule has 160 valence electrons. The fourth-order valence-electron chi connectivity index (χ4n) is 3.05. The number of aromatic carboxylic acids is 1. The fraction of sp³-hybridized carbons (Fsp3) is 0. The number of carboxylic acids is 1.